The second-order valence-corrected chi connectivity index (χ2v) is 5.88. The molecule has 1 aliphatic heterocycles. The van der Waals surface area contributed by atoms with Crippen molar-refractivity contribution >= 4 is 17.5 Å². The Kier molecular flexibility index (Phi) is 7.63. The number of anilines is 1. The maximum atomic E-state index is 12.4. The molecule has 0 aliphatic carbocycles. The van der Waals surface area contributed by atoms with Gasteiger partial charge < -0.3 is 19.7 Å². The highest BCUT2D eigenvalue weighted by molar-refractivity contribution is 5.98. The molecule has 0 bridgehead atoms. The third-order valence-corrected chi connectivity index (χ3v) is 4.03. The van der Waals surface area contributed by atoms with Crippen molar-refractivity contribution in [3.63, 3.8) is 0 Å². The van der Waals surface area contributed by atoms with E-state index < -0.39 is 0 Å². The first kappa shape index (κ1) is 19.1. The second-order valence-electron chi connectivity index (χ2n) is 5.88. The summed E-state index contributed by atoms with van der Waals surface area (Å²) in [5, 5.41) is 2.70. The molecule has 136 valence electrons. The number of nitrogens with zero attached hydrogens (tertiary/aromatic N) is 1. The van der Waals surface area contributed by atoms with Crippen molar-refractivity contribution in [1.82, 2.24) is 4.90 Å². The lowest BCUT2D eigenvalue weighted by Crippen LogP contribution is -2.47. The van der Waals surface area contributed by atoms with Crippen LogP contribution in [0.3, 0.4) is 0 Å². The number of rotatable bonds is 8. The van der Waals surface area contributed by atoms with Gasteiger partial charge in [-0.25, -0.2) is 0 Å². The lowest BCUT2D eigenvalue weighted by molar-refractivity contribution is -0.141. The normalized spacial score (nSPS) is 17.2. The molecule has 0 radical (unpaired) electrons. The van der Waals surface area contributed by atoms with Gasteiger partial charge in [0.25, 0.3) is 0 Å². The minimum absolute atomic E-state index is 0.0367. The van der Waals surface area contributed by atoms with Crippen LogP contribution in [0.15, 0.2) is 36.9 Å². The van der Waals surface area contributed by atoms with Crippen molar-refractivity contribution in [2.45, 2.75) is 25.9 Å². The maximum absolute atomic E-state index is 12.4. The molecule has 1 atom stereocenters. The minimum Gasteiger partial charge on any atom is -0.379 e. The number of amides is 2. The topological polar surface area (TPSA) is 67.9 Å². The summed E-state index contributed by atoms with van der Waals surface area (Å²) in [6, 6.07) is 7.49. The zero-order chi connectivity index (χ0) is 18.1. The van der Waals surface area contributed by atoms with Gasteiger partial charge in [-0.05, 0) is 37.1 Å². The summed E-state index contributed by atoms with van der Waals surface area (Å²) in [7, 11) is 0. The fourth-order valence-electron chi connectivity index (χ4n) is 2.65. The van der Waals surface area contributed by atoms with Crippen LogP contribution in [-0.2, 0) is 25.5 Å². The third-order valence-electron chi connectivity index (χ3n) is 4.03. The first-order valence-electron chi connectivity index (χ1n) is 8.62. The molecule has 25 heavy (non-hydrogen) atoms. The molecule has 6 nitrogen and oxygen atoms in total. The maximum Gasteiger partial charge on any atom is 0.247 e. The van der Waals surface area contributed by atoms with Gasteiger partial charge in [0.1, 0.15) is 0 Å². The van der Waals surface area contributed by atoms with E-state index in [9.17, 15) is 9.59 Å². The molecule has 1 aromatic rings. The van der Waals surface area contributed by atoms with E-state index in [1.165, 1.54) is 6.08 Å². The van der Waals surface area contributed by atoms with Gasteiger partial charge in [-0.3, -0.25) is 9.59 Å². The zero-order valence-electron chi connectivity index (χ0n) is 14.7. The number of ether oxygens (including phenoxy) is 2. The van der Waals surface area contributed by atoms with E-state index in [4.69, 9.17) is 9.47 Å². The third kappa shape index (κ3) is 6.32. The molecule has 1 N–H and O–H groups in total. The first-order valence-corrected chi connectivity index (χ1v) is 8.62. The molecule has 0 aromatic heterocycles. The van der Waals surface area contributed by atoms with Gasteiger partial charge in [0.05, 0.1) is 19.3 Å². The Hall–Kier alpha value is -2.18. The van der Waals surface area contributed by atoms with Crippen LogP contribution in [0.4, 0.5) is 5.69 Å². The van der Waals surface area contributed by atoms with E-state index in [0.717, 1.165) is 5.56 Å². The first-order chi connectivity index (χ1) is 12.1. The Bertz CT molecular complexity index is 586. The average molecular weight is 346 g/mol. The standard InChI is InChI=1S/C19H26N2O4/c1-3-18(22)20-16-8-5-15(6-9-16)7-10-19(23)21-11-12-25-17(13-21)14-24-4-2/h3,5-6,8-9,17H,1,4,7,10-14H2,2H3,(H,20,22). The molecule has 1 heterocycles. The summed E-state index contributed by atoms with van der Waals surface area (Å²) in [6.07, 6.45) is 2.32. The van der Waals surface area contributed by atoms with Crippen molar-refractivity contribution < 1.29 is 19.1 Å². The average Bonchev–Trinajstić information content (AvgIpc) is 2.65. The number of hydrogen-bond acceptors (Lipinski definition) is 4. The monoisotopic (exact) mass is 346 g/mol. The second kappa shape index (κ2) is 9.96. The van der Waals surface area contributed by atoms with Crippen LogP contribution in [-0.4, -0.2) is 55.7 Å². The van der Waals surface area contributed by atoms with E-state index >= 15 is 0 Å². The summed E-state index contributed by atoms with van der Waals surface area (Å²) < 4.78 is 11.0. The van der Waals surface area contributed by atoms with Crippen molar-refractivity contribution in [2.75, 3.05) is 38.2 Å². The summed E-state index contributed by atoms with van der Waals surface area (Å²) >= 11 is 0. The van der Waals surface area contributed by atoms with Gasteiger partial charge in [-0.15, -0.1) is 0 Å². The molecule has 2 rings (SSSR count). The van der Waals surface area contributed by atoms with Crippen LogP contribution in [0.5, 0.6) is 0 Å². The van der Waals surface area contributed by atoms with Crippen molar-refractivity contribution in [3.8, 4) is 0 Å². The molecule has 0 saturated carbocycles. The number of carbonyl (C=O) groups excluding carboxylic acids is 2. The van der Waals surface area contributed by atoms with E-state index in [1.54, 1.807) is 0 Å². The molecular weight excluding hydrogens is 320 g/mol. The minimum atomic E-state index is -0.239. The van der Waals surface area contributed by atoms with Crippen LogP contribution >= 0.6 is 0 Å². The Morgan fingerprint density at radius 3 is 2.84 bits per heavy atom. The fourth-order valence-corrected chi connectivity index (χ4v) is 2.65. The Balaban J connectivity index is 1.79. The molecule has 0 spiro atoms. The van der Waals surface area contributed by atoms with Gasteiger partial charge in [-0.1, -0.05) is 18.7 Å². The number of morpholine rings is 1. The van der Waals surface area contributed by atoms with E-state index in [0.29, 0.717) is 51.4 Å². The van der Waals surface area contributed by atoms with Crippen LogP contribution in [0.2, 0.25) is 0 Å². The van der Waals surface area contributed by atoms with Gasteiger partial charge in [-0.2, -0.15) is 0 Å². The van der Waals surface area contributed by atoms with Gasteiger partial charge >= 0.3 is 0 Å². The highest BCUT2D eigenvalue weighted by atomic mass is 16.5. The predicted molar refractivity (Wildman–Crippen MR) is 96.4 cm³/mol. The smallest absolute Gasteiger partial charge is 0.247 e. The quantitative estimate of drug-likeness (QED) is 0.731. The Morgan fingerprint density at radius 2 is 2.16 bits per heavy atom. The van der Waals surface area contributed by atoms with Gasteiger partial charge in [0, 0.05) is 31.8 Å². The molecule has 1 unspecified atom stereocenters. The molecular formula is C19H26N2O4. The largest absolute Gasteiger partial charge is 0.379 e. The number of aryl methyl sites for hydroxylation is 1. The fraction of sp³-hybridized carbons (Fsp3) is 0.474. The highest BCUT2D eigenvalue weighted by Crippen LogP contribution is 2.13. The van der Waals surface area contributed by atoms with E-state index in [1.807, 2.05) is 36.1 Å². The zero-order valence-corrected chi connectivity index (χ0v) is 14.7. The van der Waals surface area contributed by atoms with Crippen LogP contribution in [0.1, 0.15) is 18.9 Å². The molecule has 1 aromatic carbocycles. The van der Waals surface area contributed by atoms with Gasteiger partial charge in [0.2, 0.25) is 11.8 Å². The van der Waals surface area contributed by atoms with Gasteiger partial charge in [0.15, 0.2) is 0 Å². The Morgan fingerprint density at radius 1 is 1.40 bits per heavy atom. The molecule has 1 aliphatic rings. The number of nitrogens with one attached hydrogen (secondary N) is 1. The number of carbonyl (C=O) groups is 2. The van der Waals surface area contributed by atoms with Crippen LogP contribution in [0.25, 0.3) is 0 Å². The number of benzene rings is 1. The van der Waals surface area contributed by atoms with Crippen molar-refractivity contribution in [3.05, 3.63) is 42.5 Å². The predicted octanol–water partition coefficient (Wildman–Crippen LogP) is 2.01. The van der Waals surface area contributed by atoms with Crippen LogP contribution in [0, 0.1) is 0 Å². The van der Waals surface area contributed by atoms with E-state index in [2.05, 4.69) is 11.9 Å². The van der Waals surface area contributed by atoms with Crippen molar-refractivity contribution in [1.29, 1.82) is 0 Å². The SMILES string of the molecule is C=CC(=O)Nc1ccc(CCC(=O)N2CCOC(COCC)C2)cc1. The Labute approximate surface area is 148 Å². The van der Waals surface area contributed by atoms with E-state index in [-0.39, 0.29) is 17.9 Å². The molecule has 2 amide bonds. The molecule has 6 heteroatoms. The van der Waals surface area contributed by atoms with Crippen LogP contribution < -0.4 is 5.32 Å². The summed E-state index contributed by atoms with van der Waals surface area (Å²) in [5.74, 6) is -0.106. The lowest BCUT2D eigenvalue weighted by Gasteiger charge is -2.32. The molecule has 1 saturated heterocycles. The lowest BCUT2D eigenvalue weighted by atomic mass is 10.1. The van der Waals surface area contributed by atoms with Crippen molar-refractivity contribution in [2.24, 2.45) is 0 Å². The number of hydrogen-bond donors (Lipinski definition) is 1. The summed E-state index contributed by atoms with van der Waals surface area (Å²) in [5.41, 5.74) is 1.77. The molecule has 1 fully saturated rings. The summed E-state index contributed by atoms with van der Waals surface area (Å²) in [4.78, 5) is 25.5. The summed E-state index contributed by atoms with van der Waals surface area (Å²) in [6.45, 7) is 8.32. The highest BCUT2D eigenvalue weighted by Gasteiger charge is 2.23.